The molecule has 0 atom stereocenters. The van der Waals surface area contributed by atoms with Gasteiger partial charge in [0.05, 0.1) is 6.61 Å². The summed E-state index contributed by atoms with van der Waals surface area (Å²) in [5, 5.41) is 0. The van der Waals surface area contributed by atoms with E-state index >= 15 is 0 Å². The second-order valence-electron chi connectivity index (χ2n) is 3.90. The lowest BCUT2D eigenvalue weighted by Crippen LogP contribution is -2.00. The molecule has 0 aliphatic heterocycles. The van der Waals surface area contributed by atoms with E-state index in [-0.39, 0.29) is 0 Å². The van der Waals surface area contributed by atoms with Crippen molar-refractivity contribution < 1.29 is 9.53 Å². The van der Waals surface area contributed by atoms with Crippen LogP contribution >= 0.6 is 0 Å². The zero-order chi connectivity index (χ0) is 9.97. The molecule has 1 aliphatic carbocycles. The molecule has 0 amide bonds. The third kappa shape index (κ3) is 2.13. The van der Waals surface area contributed by atoms with Crippen LogP contribution in [0.2, 0.25) is 0 Å². The van der Waals surface area contributed by atoms with Gasteiger partial charge in [0.2, 0.25) is 0 Å². The van der Waals surface area contributed by atoms with Crippen molar-refractivity contribution in [3.63, 3.8) is 0 Å². The number of carbonyl (C=O) groups excluding carboxylic acids is 1. The Kier molecular flexibility index (Phi) is 2.53. The van der Waals surface area contributed by atoms with E-state index < -0.39 is 0 Å². The Morgan fingerprint density at radius 1 is 1.50 bits per heavy atom. The van der Waals surface area contributed by atoms with Gasteiger partial charge < -0.3 is 4.74 Å². The topological polar surface area (TPSA) is 26.3 Å². The minimum atomic E-state index is 0.682. The van der Waals surface area contributed by atoms with E-state index in [9.17, 15) is 4.79 Å². The highest BCUT2D eigenvalue weighted by Crippen LogP contribution is 2.30. The summed E-state index contributed by atoms with van der Waals surface area (Å²) < 4.78 is 5.64. The predicted octanol–water partition coefficient (Wildman–Crippen LogP) is 2.60. The fourth-order valence-corrected chi connectivity index (χ4v) is 1.34. The van der Waals surface area contributed by atoms with Gasteiger partial charge in [-0.2, -0.15) is 0 Å². The SMILES string of the molecule is Cc1ccc(C=O)cc1OCC1CC1. The van der Waals surface area contributed by atoms with Crippen LogP contribution in [0.25, 0.3) is 0 Å². The molecule has 2 heteroatoms. The molecule has 1 aromatic carbocycles. The Labute approximate surface area is 83.9 Å². The molecule has 0 radical (unpaired) electrons. The number of aldehydes is 1. The van der Waals surface area contributed by atoms with Gasteiger partial charge in [-0.15, -0.1) is 0 Å². The van der Waals surface area contributed by atoms with Crippen molar-refractivity contribution in [2.45, 2.75) is 19.8 Å². The number of benzene rings is 1. The van der Waals surface area contributed by atoms with Crippen LogP contribution in [0, 0.1) is 12.8 Å². The molecule has 1 aromatic rings. The van der Waals surface area contributed by atoms with Crippen LogP contribution in [0.5, 0.6) is 5.75 Å². The number of ether oxygens (including phenoxy) is 1. The molecule has 0 unspecified atom stereocenters. The highest BCUT2D eigenvalue weighted by Gasteiger charge is 2.22. The highest BCUT2D eigenvalue weighted by molar-refractivity contribution is 5.75. The molecule has 1 aliphatic rings. The molecular formula is C12H14O2. The highest BCUT2D eigenvalue weighted by atomic mass is 16.5. The average molecular weight is 190 g/mol. The smallest absolute Gasteiger partial charge is 0.150 e. The maximum atomic E-state index is 10.6. The number of carbonyl (C=O) groups is 1. The summed E-state index contributed by atoms with van der Waals surface area (Å²) in [5.41, 5.74) is 1.78. The zero-order valence-electron chi connectivity index (χ0n) is 8.32. The lowest BCUT2D eigenvalue weighted by atomic mass is 10.1. The van der Waals surface area contributed by atoms with Crippen molar-refractivity contribution in [2.24, 2.45) is 5.92 Å². The fraction of sp³-hybridized carbons (Fsp3) is 0.417. The second kappa shape index (κ2) is 3.82. The first-order chi connectivity index (χ1) is 6.79. The van der Waals surface area contributed by atoms with E-state index in [0.717, 1.165) is 30.1 Å². The first-order valence-corrected chi connectivity index (χ1v) is 4.98. The molecule has 0 N–H and O–H groups in total. The van der Waals surface area contributed by atoms with Gasteiger partial charge in [0, 0.05) is 5.56 Å². The van der Waals surface area contributed by atoms with E-state index in [0.29, 0.717) is 5.56 Å². The Morgan fingerprint density at radius 3 is 2.93 bits per heavy atom. The average Bonchev–Trinajstić information content (AvgIpc) is 3.00. The van der Waals surface area contributed by atoms with Crippen molar-refractivity contribution in [1.82, 2.24) is 0 Å². The van der Waals surface area contributed by atoms with Gasteiger partial charge in [0.25, 0.3) is 0 Å². The molecule has 0 heterocycles. The molecule has 74 valence electrons. The van der Waals surface area contributed by atoms with Crippen LogP contribution in [-0.2, 0) is 0 Å². The van der Waals surface area contributed by atoms with Gasteiger partial charge in [0.15, 0.2) is 0 Å². The van der Waals surface area contributed by atoms with Gasteiger partial charge in [-0.25, -0.2) is 0 Å². The minimum Gasteiger partial charge on any atom is -0.493 e. The molecule has 2 nitrogen and oxygen atoms in total. The van der Waals surface area contributed by atoms with Crippen LogP contribution in [0.1, 0.15) is 28.8 Å². The second-order valence-corrected chi connectivity index (χ2v) is 3.90. The molecule has 14 heavy (non-hydrogen) atoms. The van der Waals surface area contributed by atoms with Crippen LogP contribution in [0.3, 0.4) is 0 Å². The molecule has 0 bridgehead atoms. The monoisotopic (exact) mass is 190 g/mol. The third-order valence-corrected chi connectivity index (χ3v) is 2.52. The maximum Gasteiger partial charge on any atom is 0.150 e. The molecule has 0 aromatic heterocycles. The standard InChI is InChI=1S/C12H14O2/c1-9-2-3-11(7-13)6-12(9)14-8-10-4-5-10/h2-3,6-7,10H,4-5,8H2,1H3. The lowest BCUT2D eigenvalue weighted by molar-refractivity contribution is 0.112. The van der Waals surface area contributed by atoms with E-state index in [2.05, 4.69) is 0 Å². The lowest BCUT2D eigenvalue weighted by Gasteiger charge is -2.08. The van der Waals surface area contributed by atoms with Crippen LogP contribution in [-0.4, -0.2) is 12.9 Å². The first-order valence-electron chi connectivity index (χ1n) is 4.98. The minimum absolute atomic E-state index is 0.682. The summed E-state index contributed by atoms with van der Waals surface area (Å²) in [7, 11) is 0. The Balaban J connectivity index is 2.08. The fourth-order valence-electron chi connectivity index (χ4n) is 1.34. The van der Waals surface area contributed by atoms with E-state index in [1.165, 1.54) is 12.8 Å². The Morgan fingerprint density at radius 2 is 2.29 bits per heavy atom. The maximum absolute atomic E-state index is 10.6. The van der Waals surface area contributed by atoms with Crippen LogP contribution < -0.4 is 4.74 Å². The van der Waals surface area contributed by atoms with Crippen molar-refractivity contribution in [3.05, 3.63) is 29.3 Å². The largest absolute Gasteiger partial charge is 0.493 e. The molecular weight excluding hydrogens is 176 g/mol. The molecule has 1 fully saturated rings. The van der Waals surface area contributed by atoms with E-state index in [4.69, 9.17) is 4.74 Å². The van der Waals surface area contributed by atoms with Crippen LogP contribution in [0.15, 0.2) is 18.2 Å². The summed E-state index contributed by atoms with van der Waals surface area (Å²) in [6.07, 6.45) is 3.42. The molecule has 1 saturated carbocycles. The predicted molar refractivity (Wildman–Crippen MR) is 54.8 cm³/mol. The van der Waals surface area contributed by atoms with Gasteiger partial charge in [-0.05, 0) is 37.3 Å². The van der Waals surface area contributed by atoms with Crippen molar-refractivity contribution in [3.8, 4) is 5.75 Å². The normalized spacial score (nSPS) is 15.2. The van der Waals surface area contributed by atoms with Gasteiger partial charge in [0.1, 0.15) is 12.0 Å². The molecule has 0 spiro atoms. The van der Waals surface area contributed by atoms with Crippen LogP contribution in [0.4, 0.5) is 0 Å². The summed E-state index contributed by atoms with van der Waals surface area (Å²) in [6.45, 7) is 2.79. The Hall–Kier alpha value is -1.31. The first kappa shape index (κ1) is 9.25. The van der Waals surface area contributed by atoms with Gasteiger partial charge in [-0.3, -0.25) is 4.79 Å². The van der Waals surface area contributed by atoms with E-state index in [1.54, 1.807) is 0 Å². The van der Waals surface area contributed by atoms with Crippen molar-refractivity contribution >= 4 is 6.29 Å². The van der Waals surface area contributed by atoms with E-state index in [1.807, 2.05) is 25.1 Å². The number of rotatable bonds is 4. The summed E-state index contributed by atoms with van der Waals surface area (Å²) in [5.74, 6) is 1.59. The van der Waals surface area contributed by atoms with Crippen molar-refractivity contribution in [2.75, 3.05) is 6.61 Å². The zero-order valence-corrected chi connectivity index (χ0v) is 8.32. The van der Waals surface area contributed by atoms with Gasteiger partial charge in [-0.1, -0.05) is 12.1 Å². The molecule has 2 rings (SSSR count). The summed E-state index contributed by atoms with van der Waals surface area (Å²) in [6, 6.07) is 5.54. The quantitative estimate of drug-likeness (QED) is 0.682. The number of hydrogen-bond acceptors (Lipinski definition) is 2. The number of aryl methyl sites for hydroxylation is 1. The number of hydrogen-bond donors (Lipinski definition) is 0. The van der Waals surface area contributed by atoms with Crippen molar-refractivity contribution in [1.29, 1.82) is 0 Å². The molecule has 0 saturated heterocycles. The van der Waals surface area contributed by atoms with Gasteiger partial charge >= 0.3 is 0 Å². The Bertz CT molecular complexity index is 340. The summed E-state index contributed by atoms with van der Waals surface area (Å²) >= 11 is 0. The third-order valence-electron chi connectivity index (χ3n) is 2.52. The summed E-state index contributed by atoms with van der Waals surface area (Å²) in [4.78, 5) is 10.6.